The monoisotopic (exact) mass is 233 g/mol. The number of hydrogen-bond donors (Lipinski definition) is 0. The molecule has 0 saturated carbocycles. The normalized spacial score (nSPS) is 13.9. The Morgan fingerprint density at radius 2 is 1.93 bits per heavy atom. The fourth-order valence-corrected chi connectivity index (χ4v) is 2.65. The van der Waals surface area contributed by atoms with Gasteiger partial charge in [-0.25, -0.2) is 8.42 Å². The van der Waals surface area contributed by atoms with E-state index in [0.717, 1.165) is 6.26 Å². The van der Waals surface area contributed by atoms with Crippen molar-refractivity contribution in [2.24, 2.45) is 0 Å². The highest BCUT2D eigenvalue weighted by Crippen LogP contribution is 2.16. The van der Waals surface area contributed by atoms with Crippen molar-refractivity contribution >= 4 is 20.9 Å². The largest absolute Gasteiger partial charge is 0.772 e. The van der Waals surface area contributed by atoms with Crippen LogP contribution in [0.3, 0.4) is 0 Å². The molecule has 0 aliphatic rings. The Hall–Kier alpha value is -0.720. The van der Waals surface area contributed by atoms with Crippen LogP contribution in [0.4, 0.5) is 0 Å². The predicted molar refractivity (Wildman–Crippen MR) is 52.2 cm³/mol. The maximum atomic E-state index is 11.2. The maximum absolute atomic E-state index is 11.2. The number of benzene rings is 1. The summed E-state index contributed by atoms with van der Waals surface area (Å²) in [5.41, 5.74) is 0.309. The van der Waals surface area contributed by atoms with Crippen LogP contribution in [0.1, 0.15) is 5.56 Å². The molecule has 78 valence electrons. The van der Waals surface area contributed by atoms with Gasteiger partial charge in [-0.2, -0.15) is 0 Å². The second-order valence-electron chi connectivity index (χ2n) is 2.83. The van der Waals surface area contributed by atoms with Crippen molar-refractivity contribution < 1.29 is 17.2 Å². The molecule has 1 atom stereocenters. The molecule has 0 amide bonds. The molecular formula is C8H9O4S2-. The standard InChI is InChI=1S/C8H10O4S2/c1-14(11,12)8-5-3-2-4-7(8)6-13(9)10/h2-5H,6H2,1H3,(H,9,10)/p-1. The van der Waals surface area contributed by atoms with Gasteiger partial charge in [-0.1, -0.05) is 29.3 Å². The van der Waals surface area contributed by atoms with E-state index in [2.05, 4.69) is 0 Å². The fraction of sp³-hybridized carbons (Fsp3) is 0.250. The van der Waals surface area contributed by atoms with Crippen LogP contribution in [0.25, 0.3) is 0 Å². The van der Waals surface area contributed by atoms with Crippen molar-refractivity contribution in [3.8, 4) is 0 Å². The summed E-state index contributed by atoms with van der Waals surface area (Å²) >= 11 is -2.28. The maximum Gasteiger partial charge on any atom is 0.175 e. The molecule has 0 spiro atoms. The van der Waals surface area contributed by atoms with Crippen molar-refractivity contribution in [2.45, 2.75) is 10.6 Å². The molecule has 4 nitrogen and oxygen atoms in total. The lowest BCUT2D eigenvalue weighted by Crippen LogP contribution is -2.04. The van der Waals surface area contributed by atoms with E-state index in [1.54, 1.807) is 12.1 Å². The number of sulfone groups is 1. The van der Waals surface area contributed by atoms with Crippen molar-refractivity contribution in [2.75, 3.05) is 6.26 Å². The van der Waals surface area contributed by atoms with Crippen LogP contribution in [-0.2, 0) is 26.7 Å². The predicted octanol–water partition coefficient (Wildman–Crippen LogP) is 0.469. The van der Waals surface area contributed by atoms with Gasteiger partial charge in [0, 0.05) is 12.0 Å². The van der Waals surface area contributed by atoms with E-state index in [1.807, 2.05) is 0 Å². The smallest absolute Gasteiger partial charge is 0.175 e. The first-order valence-electron chi connectivity index (χ1n) is 3.75. The third-order valence-corrected chi connectivity index (χ3v) is 3.39. The van der Waals surface area contributed by atoms with E-state index in [0.29, 0.717) is 5.56 Å². The third-order valence-electron chi connectivity index (χ3n) is 1.65. The Kier molecular flexibility index (Phi) is 3.41. The molecule has 0 saturated heterocycles. The van der Waals surface area contributed by atoms with Crippen LogP contribution in [-0.4, -0.2) is 23.4 Å². The topological polar surface area (TPSA) is 74.3 Å². The minimum atomic E-state index is -3.35. The number of rotatable bonds is 3. The van der Waals surface area contributed by atoms with Crippen molar-refractivity contribution in [1.82, 2.24) is 0 Å². The van der Waals surface area contributed by atoms with Crippen molar-refractivity contribution in [1.29, 1.82) is 0 Å². The summed E-state index contributed by atoms with van der Waals surface area (Å²) in [4.78, 5) is 0.0733. The van der Waals surface area contributed by atoms with Gasteiger partial charge in [0.05, 0.1) is 4.90 Å². The second kappa shape index (κ2) is 4.20. The van der Waals surface area contributed by atoms with Crippen LogP contribution < -0.4 is 0 Å². The van der Waals surface area contributed by atoms with Crippen LogP contribution in [0.2, 0.25) is 0 Å². The zero-order valence-electron chi connectivity index (χ0n) is 7.47. The Bertz CT molecular complexity index is 450. The molecule has 1 rings (SSSR count). The fourth-order valence-electron chi connectivity index (χ4n) is 1.11. The van der Waals surface area contributed by atoms with E-state index in [-0.39, 0.29) is 10.6 Å². The van der Waals surface area contributed by atoms with Gasteiger partial charge in [-0.3, -0.25) is 4.21 Å². The minimum Gasteiger partial charge on any atom is -0.772 e. The summed E-state index contributed by atoms with van der Waals surface area (Å²) in [5, 5.41) is 0. The summed E-state index contributed by atoms with van der Waals surface area (Å²) in [7, 11) is -3.35. The Morgan fingerprint density at radius 1 is 1.36 bits per heavy atom. The van der Waals surface area contributed by atoms with Crippen LogP contribution in [0.5, 0.6) is 0 Å². The highest BCUT2D eigenvalue weighted by Gasteiger charge is 2.11. The van der Waals surface area contributed by atoms with Crippen LogP contribution in [0, 0.1) is 0 Å². The lowest BCUT2D eigenvalue weighted by molar-refractivity contribution is 0.536. The van der Waals surface area contributed by atoms with Gasteiger partial charge >= 0.3 is 0 Å². The molecular weight excluding hydrogens is 224 g/mol. The molecule has 0 aromatic heterocycles. The molecule has 6 heteroatoms. The van der Waals surface area contributed by atoms with Gasteiger partial charge < -0.3 is 4.55 Å². The summed E-state index contributed by atoms with van der Waals surface area (Å²) < 4.78 is 43.4. The lowest BCUT2D eigenvalue weighted by atomic mass is 10.2. The molecule has 0 fully saturated rings. The average Bonchev–Trinajstić information content (AvgIpc) is 2.01. The van der Waals surface area contributed by atoms with Gasteiger partial charge in [-0.05, 0) is 11.6 Å². The van der Waals surface area contributed by atoms with Gasteiger partial charge in [0.15, 0.2) is 9.84 Å². The Morgan fingerprint density at radius 3 is 2.43 bits per heavy atom. The molecule has 14 heavy (non-hydrogen) atoms. The Balaban J connectivity index is 3.23. The summed E-state index contributed by atoms with van der Waals surface area (Å²) in [6, 6.07) is 6.06. The molecule has 0 aliphatic carbocycles. The molecule has 0 heterocycles. The van der Waals surface area contributed by atoms with Crippen molar-refractivity contribution in [3.05, 3.63) is 29.8 Å². The van der Waals surface area contributed by atoms with Crippen molar-refractivity contribution in [3.63, 3.8) is 0 Å². The molecule has 0 aliphatic heterocycles. The quantitative estimate of drug-likeness (QED) is 0.711. The van der Waals surface area contributed by atoms with Crippen LogP contribution >= 0.6 is 0 Å². The van der Waals surface area contributed by atoms with Crippen LogP contribution in [0.15, 0.2) is 29.2 Å². The molecule has 1 aromatic carbocycles. The van der Waals surface area contributed by atoms with Gasteiger partial charge in [0.1, 0.15) is 0 Å². The number of hydrogen-bond acceptors (Lipinski definition) is 4. The van der Waals surface area contributed by atoms with E-state index in [4.69, 9.17) is 0 Å². The highest BCUT2D eigenvalue weighted by atomic mass is 32.2. The zero-order chi connectivity index (χ0) is 10.8. The van der Waals surface area contributed by atoms with Gasteiger partial charge in [0.2, 0.25) is 0 Å². The second-order valence-corrected chi connectivity index (χ2v) is 5.71. The molecule has 1 unspecified atom stereocenters. The van der Waals surface area contributed by atoms with E-state index < -0.39 is 20.9 Å². The first-order chi connectivity index (χ1) is 6.41. The van der Waals surface area contributed by atoms with E-state index in [1.165, 1.54) is 12.1 Å². The first kappa shape index (κ1) is 11.4. The molecule has 0 bridgehead atoms. The average molecular weight is 233 g/mol. The summed E-state index contributed by atoms with van der Waals surface area (Å²) in [5.74, 6) is -0.275. The Labute approximate surface area is 85.2 Å². The minimum absolute atomic E-state index is 0.0733. The van der Waals surface area contributed by atoms with Gasteiger partial charge in [0.25, 0.3) is 0 Å². The molecule has 0 N–H and O–H groups in total. The first-order valence-corrected chi connectivity index (χ1v) is 6.88. The third kappa shape index (κ3) is 2.90. The highest BCUT2D eigenvalue weighted by molar-refractivity contribution is 7.90. The zero-order valence-corrected chi connectivity index (χ0v) is 9.10. The summed E-state index contributed by atoms with van der Waals surface area (Å²) in [6.45, 7) is 0. The summed E-state index contributed by atoms with van der Waals surface area (Å²) in [6.07, 6.45) is 1.06. The molecule has 0 radical (unpaired) electrons. The lowest BCUT2D eigenvalue weighted by Gasteiger charge is -2.09. The van der Waals surface area contributed by atoms with Gasteiger partial charge in [-0.15, -0.1) is 0 Å². The van der Waals surface area contributed by atoms with E-state index in [9.17, 15) is 17.2 Å². The van der Waals surface area contributed by atoms with E-state index >= 15 is 0 Å². The molecule has 1 aromatic rings. The SMILES string of the molecule is CS(=O)(=O)c1ccccc1CS(=O)[O-].